The summed E-state index contributed by atoms with van der Waals surface area (Å²) in [6.07, 6.45) is 0.0936. The molecule has 7 nitrogen and oxygen atoms in total. The highest BCUT2D eigenvalue weighted by atomic mass is 19.1. The van der Waals surface area contributed by atoms with Crippen molar-refractivity contribution in [3.8, 4) is 11.6 Å². The average molecular weight is 333 g/mol. The molecule has 1 aliphatic heterocycles. The highest BCUT2D eigenvalue weighted by Crippen LogP contribution is 2.30. The maximum absolute atomic E-state index is 13.2. The second-order valence-corrected chi connectivity index (χ2v) is 5.47. The molecule has 2 aromatic rings. The minimum atomic E-state index is -1.50. The van der Waals surface area contributed by atoms with E-state index in [0.717, 1.165) is 0 Å². The van der Waals surface area contributed by atoms with Gasteiger partial charge in [-0.2, -0.15) is 0 Å². The SMILES string of the molecule is COc1cc2c(OCC3CC(F)C(=O)N3)nccc2cc1C(N)=O. The van der Waals surface area contributed by atoms with E-state index in [2.05, 4.69) is 10.3 Å². The summed E-state index contributed by atoms with van der Waals surface area (Å²) in [6.45, 7) is 0.0954. The first-order valence-electron chi connectivity index (χ1n) is 7.33. The van der Waals surface area contributed by atoms with Gasteiger partial charge in [-0.1, -0.05) is 0 Å². The minimum Gasteiger partial charge on any atom is -0.496 e. The van der Waals surface area contributed by atoms with Crippen molar-refractivity contribution in [2.24, 2.45) is 5.73 Å². The molecule has 1 aromatic heterocycles. The van der Waals surface area contributed by atoms with E-state index >= 15 is 0 Å². The molecule has 3 N–H and O–H groups in total. The number of rotatable bonds is 5. The van der Waals surface area contributed by atoms with Crippen LogP contribution in [0, 0.1) is 0 Å². The van der Waals surface area contributed by atoms with Crippen molar-refractivity contribution in [1.82, 2.24) is 10.3 Å². The summed E-state index contributed by atoms with van der Waals surface area (Å²) < 4.78 is 24.0. The van der Waals surface area contributed by atoms with Crippen LogP contribution in [0.2, 0.25) is 0 Å². The topological polar surface area (TPSA) is 104 Å². The lowest BCUT2D eigenvalue weighted by Crippen LogP contribution is -2.31. The van der Waals surface area contributed by atoms with Gasteiger partial charge in [0.2, 0.25) is 5.88 Å². The minimum absolute atomic E-state index is 0.0682. The van der Waals surface area contributed by atoms with Crippen LogP contribution in [0.25, 0.3) is 10.8 Å². The van der Waals surface area contributed by atoms with Crippen LogP contribution in [-0.2, 0) is 4.79 Å². The van der Waals surface area contributed by atoms with E-state index in [0.29, 0.717) is 22.4 Å². The van der Waals surface area contributed by atoms with Gasteiger partial charge in [-0.3, -0.25) is 9.59 Å². The maximum atomic E-state index is 13.2. The van der Waals surface area contributed by atoms with Gasteiger partial charge in [-0.15, -0.1) is 0 Å². The number of ether oxygens (including phenoxy) is 2. The van der Waals surface area contributed by atoms with E-state index in [1.54, 1.807) is 18.2 Å². The van der Waals surface area contributed by atoms with Crippen molar-refractivity contribution in [2.75, 3.05) is 13.7 Å². The fourth-order valence-electron chi connectivity index (χ4n) is 2.65. The first kappa shape index (κ1) is 16.0. The standard InChI is InChI=1S/C16H16FN3O4/c1-23-13-6-10-8(4-11(13)14(18)21)2-3-19-16(10)24-7-9-5-12(17)15(22)20-9/h2-4,6,9,12H,5,7H2,1H3,(H2,18,21)(H,20,22). The zero-order valence-corrected chi connectivity index (χ0v) is 12.9. The molecule has 1 aromatic carbocycles. The van der Waals surface area contributed by atoms with Crippen LogP contribution in [-0.4, -0.2) is 42.7 Å². The largest absolute Gasteiger partial charge is 0.496 e. The van der Waals surface area contributed by atoms with E-state index in [4.69, 9.17) is 15.2 Å². The first-order chi connectivity index (χ1) is 11.5. The number of alkyl halides is 1. The number of hydrogen-bond donors (Lipinski definition) is 2. The second kappa shape index (κ2) is 6.31. The summed E-state index contributed by atoms with van der Waals surface area (Å²) >= 11 is 0. The average Bonchev–Trinajstić information content (AvgIpc) is 2.89. The number of carbonyl (C=O) groups excluding carboxylic acids is 2. The number of halogens is 1. The van der Waals surface area contributed by atoms with Gasteiger partial charge in [-0.05, 0) is 23.6 Å². The Labute approximate surface area is 136 Å². The fourth-order valence-corrected chi connectivity index (χ4v) is 2.65. The summed E-state index contributed by atoms with van der Waals surface area (Å²) in [7, 11) is 1.43. The third-order valence-corrected chi connectivity index (χ3v) is 3.86. The Balaban J connectivity index is 1.88. The number of benzene rings is 1. The number of fused-ring (bicyclic) bond motifs is 1. The van der Waals surface area contributed by atoms with Crippen molar-refractivity contribution >= 4 is 22.6 Å². The number of methoxy groups -OCH3 is 1. The number of nitrogens with zero attached hydrogens (tertiary/aromatic N) is 1. The van der Waals surface area contributed by atoms with Gasteiger partial charge < -0.3 is 20.5 Å². The summed E-state index contributed by atoms with van der Waals surface area (Å²) in [5, 5.41) is 3.84. The quantitative estimate of drug-likeness (QED) is 0.848. The fraction of sp³-hybridized carbons (Fsp3) is 0.312. The van der Waals surface area contributed by atoms with E-state index in [1.807, 2.05) is 0 Å². The van der Waals surface area contributed by atoms with E-state index in [1.165, 1.54) is 13.3 Å². The normalized spacial score (nSPS) is 20.0. The van der Waals surface area contributed by atoms with Gasteiger partial charge in [-0.25, -0.2) is 9.37 Å². The monoisotopic (exact) mass is 333 g/mol. The Bertz CT molecular complexity index is 811. The predicted octanol–water partition coefficient (Wildman–Crippen LogP) is 0.948. The van der Waals surface area contributed by atoms with Crippen LogP contribution in [0.1, 0.15) is 16.8 Å². The van der Waals surface area contributed by atoms with Crippen LogP contribution in [0.15, 0.2) is 24.4 Å². The Morgan fingerprint density at radius 2 is 2.29 bits per heavy atom. The Morgan fingerprint density at radius 1 is 1.50 bits per heavy atom. The maximum Gasteiger partial charge on any atom is 0.254 e. The molecule has 0 bridgehead atoms. The van der Waals surface area contributed by atoms with Crippen LogP contribution >= 0.6 is 0 Å². The van der Waals surface area contributed by atoms with Crippen LogP contribution in [0.3, 0.4) is 0 Å². The molecule has 24 heavy (non-hydrogen) atoms. The number of aromatic nitrogens is 1. The molecule has 0 aliphatic carbocycles. The summed E-state index contributed by atoms with van der Waals surface area (Å²) in [5.41, 5.74) is 5.60. The second-order valence-electron chi connectivity index (χ2n) is 5.47. The predicted molar refractivity (Wildman–Crippen MR) is 83.8 cm³/mol. The highest BCUT2D eigenvalue weighted by Gasteiger charge is 2.32. The summed E-state index contributed by atoms with van der Waals surface area (Å²) in [5.74, 6) is -0.609. The molecule has 1 aliphatic rings. The highest BCUT2D eigenvalue weighted by molar-refractivity contribution is 6.01. The van der Waals surface area contributed by atoms with E-state index in [9.17, 15) is 14.0 Å². The number of carbonyl (C=O) groups is 2. The molecule has 0 saturated carbocycles. The van der Waals surface area contributed by atoms with Crippen molar-refractivity contribution in [3.63, 3.8) is 0 Å². The Morgan fingerprint density at radius 3 is 2.92 bits per heavy atom. The molecular weight excluding hydrogens is 317 g/mol. The molecule has 2 heterocycles. The molecule has 2 unspecified atom stereocenters. The Hall–Kier alpha value is -2.90. The Kier molecular flexibility index (Phi) is 4.20. The molecule has 1 fully saturated rings. The van der Waals surface area contributed by atoms with E-state index < -0.39 is 24.0 Å². The first-order valence-corrected chi connectivity index (χ1v) is 7.33. The van der Waals surface area contributed by atoms with Crippen molar-refractivity contribution in [2.45, 2.75) is 18.6 Å². The molecule has 2 atom stereocenters. The molecule has 1 saturated heterocycles. The smallest absolute Gasteiger partial charge is 0.254 e. The van der Waals surface area contributed by atoms with Crippen molar-refractivity contribution < 1.29 is 23.5 Å². The molecule has 0 spiro atoms. The third kappa shape index (κ3) is 2.94. The molecule has 3 rings (SSSR count). The number of nitrogens with one attached hydrogen (secondary N) is 1. The third-order valence-electron chi connectivity index (χ3n) is 3.86. The molecular formula is C16H16FN3O4. The summed E-state index contributed by atoms with van der Waals surface area (Å²) in [4.78, 5) is 26.8. The van der Waals surface area contributed by atoms with Gasteiger partial charge in [0.1, 0.15) is 12.4 Å². The van der Waals surface area contributed by atoms with Crippen LogP contribution < -0.4 is 20.5 Å². The number of pyridine rings is 1. The number of hydrogen-bond acceptors (Lipinski definition) is 5. The van der Waals surface area contributed by atoms with Gasteiger partial charge in [0.15, 0.2) is 6.17 Å². The van der Waals surface area contributed by atoms with E-state index in [-0.39, 0.29) is 18.6 Å². The van der Waals surface area contributed by atoms with Crippen molar-refractivity contribution in [1.29, 1.82) is 0 Å². The lowest BCUT2D eigenvalue weighted by molar-refractivity contribution is -0.123. The summed E-state index contributed by atoms with van der Waals surface area (Å²) in [6, 6.07) is 4.52. The van der Waals surface area contributed by atoms with Gasteiger partial charge >= 0.3 is 0 Å². The van der Waals surface area contributed by atoms with Crippen LogP contribution in [0.4, 0.5) is 4.39 Å². The van der Waals surface area contributed by atoms with Crippen LogP contribution in [0.5, 0.6) is 11.6 Å². The number of nitrogens with two attached hydrogens (primary N) is 1. The van der Waals surface area contributed by atoms with Crippen molar-refractivity contribution in [3.05, 3.63) is 30.0 Å². The van der Waals surface area contributed by atoms with Gasteiger partial charge in [0.05, 0.1) is 18.7 Å². The lowest BCUT2D eigenvalue weighted by atomic mass is 10.1. The molecule has 126 valence electrons. The lowest BCUT2D eigenvalue weighted by Gasteiger charge is -2.14. The number of primary amides is 1. The van der Waals surface area contributed by atoms with Gasteiger partial charge in [0, 0.05) is 18.0 Å². The zero-order valence-electron chi connectivity index (χ0n) is 12.9. The number of amides is 2. The molecule has 2 amide bonds. The van der Waals surface area contributed by atoms with Gasteiger partial charge in [0.25, 0.3) is 11.8 Å². The zero-order chi connectivity index (χ0) is 17.3. The molecule has 8 heteroatoms. The molecule has 0 radical (unpaired) electrons.